The van der Waals surface area contributed by atoms with Crippen LogP contribution in [0.1, 0.15) is 26.7 Å². The molecule has 0 aromatic heterocycles. The third-order valence-electron chi connectivity index (χ3n) is 3.94. The van der Waals surface area contributed by atoms with Crippen LogP contribution in [-0.2, 0) is 9.47 Å². The lowest BCUT2D eigenvalue weighted by molar-refractivity contribution is -0.113. The second-order valence-electron chi connectivity index (χ2n) is 5.39. The van der Waals surface area contributed by atoms with E-state index in [4.69, 9.17) is 9.47 Å². The van der Waals surface area contributed by atoms with Crippen molar-refractivity contribution < 1.29 is 9.47 Å². The summed E-state index contributed by atoms with van der Waals surface area (Å²) in [6.07, 6.45) is 2.77. The Balaban J connectivity index is 1.90. The fourth-order valence-corrected chi connectivity index (χ4v) is 3.05. The molecule has 0 amide bonds. The van der Waals surface area contributed by atoms with Crippen molar-refractivity contribution in [2.45, 2.75) is 38.8 Å². The predicted octanol–water partition coefficient (Wildman–Crippen LogP) is 1.21. The van der Waals surface area contributed by atoms with Crippen LogP contribution >= 0.6 is 0 Å². The van der Waals surface area contributed by atoms with E-state index in [2.05, 4.69) is 23.6 Å². The first-order valence-corrected chi connectivity index (χ1v) is 7.51. The molecule has 18 heavy (non-hydrogen) atoms. The lowest BCUT2D eigenvalue weighted by Gasteiger charge is -2.43. The third kappa shape index (κ3) is 3.67. The Hall–Kier alpha value is -0.160. The van der Waals surface area contributed by atoms with Gasteiger partial charge in [0, 0.05) is 19.6 Å². The van der Waals surface area contributed by atoms with Gasteiger partial charge in [-0.2, -0.15) is 0 Å². The molecule has 106 valence electrons. The molecule has 0 aliphatic carbocycles. The molecule has 2 atom stereocenters. The summed E-state index contributed by atoms with van der Waals surface area (Å²) in [6.45, 7) is 12.7. The Morgan fingerprint density at radius 2 is 1.89 bits per heavy atom. The molecule has 2 aliphatic rings. The Morgan fingerprint density at radius 1 is 1.06 bits per heavy atom. The number of hydrogen-bond donors (Lipinski definition) is 0. The van der Waals surface area contributed by atoms with Crippen LogP contribution in [0.2, 0.25) is 0 Å². The zero-order valence-electron chi connectivity index (χ0n) is 11.9. The molecule has 0 aromatic rings. The van der Waals surface area contributed by atoms with E-state index in [0.29, 0.717) is 12.1 Å². The number of rotatable bonds is 5. The summed E-state index contributed by atoms with van der Waals surface area (Å²) < 4.78 is 11.7. The normalized spacial score (nSPS) is 31.7. The van der Waals surface area contributed by atoms with Gasteiger partial charge in [0.05, 0.1) is 32.0 Å². The molecule has 0 saturated carbocycles. The van der Waals surface area contributed by atoms with Gasteiger partial charge in [-0.15, -0.1) is 0 Å². The van der Waals surface area contributed by atoms with Crippen LogP contribution in [0, 0.1) is 0 Å². The fourth-order valence-electron chi connectivity index (χ4n) is 3.05. The number of nitrogens with zero attached hydrogens (tertiary/aromatic N) is 2. The van der Waals surface area contributed by atoms with Crippen molar-refractivity contribution in [1.29, 1.82) is 0 Å². The molecule has 2 aliphatic heterocycles. The molecule has 4 nitrogen and oxygen atoms in total. The zero-order valence-corrected chi connectivity index (χ0v) is 11.9. The average Bonchev–Trinajstić information content (AvgIpc) is 2.40. The van der Waals surface area contributed by atoms with Crippen LogP contribution in [0.25, 0.3) is 0 Å². The van der Waals surface area contributed by atoms with Crippen molar-refractivity contribution in [2.24, 2.45) is 0 Å². The van der Waals surface area contributed by atoms with Crippen LogP contribution in [0.3, 0.4) is 0 Å². The quantitative estimate of drug-likeness (QED) is 0.738. The predicted molar refractivity (Wildman–Crippen MR) is 72.9 cm³/mol. The highest BCUT2D eigenvalue weighted by Crippen LogP contribution is 2.18. The molecule has 2 saturated heterocycles. The maximum atomic E-state index is 6.01. The highest BCUT2D eigenvalue weighted by atomic mass is 16.5. The lowest BCUT2D eigenvalue weighted by atomic mass is 10.1. The Labute approximate surface area is 111 Å². The first kappa shape index (κ1) is 14.3. The van der Waals surface area contributed by atoms with Crippen LogP contribution in [0.15, 0.2) is 0 Å². The van der Waals surface area contributed by atoms with E-state index in [-0.39, 0.29) is 0 Å². The molecule has 2 heterocycles. The molecular formula is C14H28N2O2. The van der Waals surface area contributed by atoms with Crippen molar-refractivity contribution in [2.75, 3.05) is 52.5 Å². The maximum absolute atomic E-state index is 6.01. The molecule has 2 fully saturated rings. The molecule has 0 radical (unpaired) electrons. The molecule has 0 N–H and O–H groups in total. The first-order chi connectivity index (χ1) is 8.85. The van der Waals surface area contributed by atoms with Gasteiger partial charge in [0.15, 0.2) is 0 Å². The Morgan fingerprint density at radius 3 is 2.67 bits per heavy atom. The molecule has 0 spiro atoms. The summed E-state index contributed by atoms with van der Waals surface area (Å²) in [5, 5.41) is 0. The summed E-state index contributed by atoms with van der Waals surface area (Å²) in [5.74, 6) is 0. The van der Waals surface area contributed by atoms with E-state index in [1.807, 2.05) is 0 Å². The molecule has 0 bridgehead atoms. The average molecular weight is 256 g/mol. The van der Waals surface area contributed by atoms with E-state index in [1.165, 1.54) is 25.9 Å². The van der Waals surface area contributed by atoms with E-state index < -0.39 is 0 Å². The maximum Gasteiger partial charge on any atom is 0.0879 e. The zero-order chi connectivity index (χ0) is 12.8. The molecule has 0 aromatic carbocycles. The highest BCUT2D eigenvalue weighted by molar-refractivity contribution is 4.87. The standard InChI is InChI=1S/C14H28N2O2/c1-3-5-15-7-10-18-14(11-15)13-12-17-9-8-16(13)6-4-2/h13-14H,3-12H2,1-2H3. The lowest BCUT2D eigenvalue weighted by Crippen LogP contribution is -2.58. The number of morpholine rings is 2. The molecular weight excluding hydrogens is 228 g/mol. The van der Waals surface area contributed by atoms with Gasteiger partial charge >= 0.3 is 0 Å². The first-order valence-electron chi connectivity index (χ1n) is 7.51. The van der Waals surface area contributed by atoms with Crippen LogP contribution in [-0.4, -0.2) is 74.5 Å². The molecule has 2 unspecified atom stereocenters. The van der Waals surface area contributed by atoms with Gasteiger partial charge < -0.3 is 9.47 Å². The van der Waals surface area contributed by atoms with E-state index in [1.54, 1.807) is 0 Å². The van der Waals surface area contributed by atoms with Gasteiger partial charge in [-0.05, 0) is 25.9 Å². The Bertz CT molecular complexity index is 234. The van der Waals surface area contributed by atoms with Crippen molar-refractivity contribution in [3.8, 4) is 0 Å². The monoisotopic (exact) mass is 256 g/mol. The summed E-state index contributed by atoms with van der Waals surface area (Å²) in [4.78, 5) is 5.09. The minimum Gasteiger partial charge on any atom is -0.378 e. The minimum atomic E-state index is 0.331. The Kier molecular flexibility index (Phi) is 5.89. The third-order valence-corrected chi connectivity index (χ3v) is 3.94. The summed E-state index contributed by atoms with van der Waals surface area (Å²) in [6, 6.07) is 0.457. The van der Waals surface area contributed by atoms with E-state index in [0.717, 1.165) is 39.5 Å². The highest BCUT2D eigenvalue weighted by Gasteiger charge is 2.33. The minimum absolute atomic E-state index is 0.331. The van der Waals surface area contributed by atoms with Crippen molar-refractivity contribution in [3.05, 3.63) is 0 Å². The van der Waals surface area contributed by atoms with Gasteiger partial charge in [-0.25, -0.2) is 0 Å². The van der Waals surface area contributed by atoms with Gasteiger partial charge in [0.1, 0.15) is 0 Å². The van der Waals surface area contributed by atoms with E-state index >= 15 is 0 Å². The summed E-state index contributed by atoms with van der Waals surface area (Å²) in [7, 11) is 0. The second kappa shape index (κ2) is 7.43. The van der Waals surface area contributed by atoms with Crippen LogP contribution in [0.4, 0.5) is 0 Å². The molecule has 4 heteroatoms. The largest absolute Gasteiger partial charge is 0.378 e. The van der Waals surface area contributed by atoms with Crippen molar-refractivity contribution in [3.63, 3.8) is 0 Å². The molecule has 2 rings (SSSR count). The van der Waals surface area contributed by atoms with Gasteiger partial charge in [-0.1, -0.05) is 13.8 Å². The van der Waals surface area contributed by atoms with Crippen molar-refractivity contribution >= 4 is 0 Å². The second-order valence-corrected chi connectivity index (χ2v) is 5.39. The smallest absolute Gasteiger partial charge is 0.0879 e. The fraction of sp³-hybridized carbons (Fsp3) is 1.00. The van der Waals surface area contributed by atoms with Gasteiger partial charge in [0.25, 0.3) is 0 Å². The van der Waals surface area contributed by atoms with Crippen LogP contribution < -0.4 is 0 Å². The number of hydrogen-bond acceptors (Lipinski definition) is 4. The van der Waals surface area contributed by atoms with Gasteiger partial charge in [0.2, 0.25) is 0 Å². The number of ether oxygens (including phenoxy) is 2. The summed E-state index contributed by atoms with van der Waals surface area (Å²) >= 11 is 0. The SMILES string of the molecule is CCCN1CCOC(C2COCCN2CCC)C1. The van der Waals surface area contributed by atoms with Gasteiger partial charge in [-0.3, -0.25) is 9.80 Å². The van der Waals surface area contributed by atoms with Crippen molar-refractivity contribution in [1.82, 2.24) is 9.80 Å². The van der Waals surface area contributed by atoms with Crippen LogP contribution in [0.5, 0.6) is 0 Å². The van der Waals surface area contributed by atoms with E-state index in [9.17, 15) is 0 Å². The topological polar surface area (TPSA) is 24.9 Å². The summed E-state index contributed by atoms with van der Waals surface area (Å²) in [5.41, 5.74) is 0.